The fraction of sp³-hybridized carbons (Fsp3) is 0.511. The highest BCUT2D eigenvalue weighted by molar-refractivity contribution is 8.77. The number of ketones is 2. The third-order valence-electron chi connectivity index (χ3n) is 10.5. The number of ether oxygens (including phenoxy) is 1. The summed E-state index contributed by atoms with van der Waals surface area (Å²) >= 11 is 0. The average molecular weight is 882 g/mol. The molecule has 9 N–H and O–H groups in total. The van der Waals surface area contributed by atoms with E-state index in [1.807, 2.05) is 56.3 Å². The van der Waals surface area contributed by atoms with Gasteiger partial charge in [0.25, 0.3) is 0 Å². The van der Waals surface area contributed by atoms with Gasteiger partial charge in [-0.25, -0.2) is 0 Å². The molecule has 0 unspecified atom stereocenters. The van der Waals surface area contributed by atoms with Gasteiger partial charge in [-0.1, -0.05) is 76.2 Å². The van der Waals surface area contributed by atoms with E-state index in [9.17, 15) is 28.8 Å². The second-order valence-corrected chi connectivity index (χ2v) is 19.9. The topological polar surface area (TPSA) is 224 Å². The first-order valence-corrected chi connectivity index (χ1v) is 22.5. The lowest BCUT2D eigenvalue weighted by atomic mass is 9.89. The van der Waals surface area contributed by atoms with E-state index in [-0.39, 0.29) is 25.2 Å². The van der Waals surface area contributed by atoms with Crippen LogP contribution in [0.5, 0.6) is 5.75 Å². The molecular weight excluding hydrogens is 815 g/mol. The first-order valence-electron chi connectivity index (χ1n) is 21.0. The summed E-state index contributed by atoms with van der Waals surface area (Å²) in [5, 5.41) is 16.5. The first kappa shape index (κ1) is 49.2. The monoisotopic (exact) mass is 881 g/mol. The number of rotatable bonds is 25. The van der Waals surface area contributed by atoms with Gasteiger partial charge in [-0.05, 0) is 108 Å². The van der Waals surface area contributed by atoms with Crippen molar-refractivity contribution in [2.24, 2.45) is 11.5 Å². The molecule has 61 heavy (non-hydrogen) atoms. The number of hydrogen-bond acceptors (Lipinski definition) is 12. The number of nitrogens with one attached hydrogen (secondary N) is 5. The second kappa shape index (κ2) is 23.1. The summed E-state index contributed by atoms with van der Waals surface area (Å²) in [7, 11) is 5.80. The minimum atomic E-state index is -1.32. The number of nitrogens with two attached hydrogens (primary N) is 2. The maximum absolute atomic E-state index is 14.6. The van der Waals surface area contributed by atoms with Crippen LogP contribution in [0.25, 0.3) is 10.8 Å². The predicted molar refractivity (Wildman–Crippen MR) is 246 cm³/mol. The number of unbranched alkanes of at least 4 members (excludes halogenated alkanes) is 1. The Bertz CT molecular complexity index is 2020. The number of carbonyl (C=O) groups excluding carboxylic acids is 6. The molecule has 0 aliphatic rings. The van der Waals surface area contributed by atoms with E-state index >= 15 is 0 Å². The van der Waals surface area contributed by atoms with Crippen LogP contribution in [0.2, 0.25) is 0 Å². The molecule has 0 heterocycles. The normalized spacial score (nSPS) is 15.0. The van der Waals surface area contributed by atoms with Crippen molar-refractivity contribution in [3.05, 3.63) is 77.9 Å². The van der Waals surface area contributed by atoms with Gasteiger partial charge in [0.2, 0.25) is 23.6 Å². The predicted octanol–water partition coefficient (Wildman–Crippen LogP) is 3.76. The van der Waals surface area contributed by atoms with Crippen LogP contribution in [-0.2, 0) is 41.6 Å². The zero-order valence-corrected chi connectivity index (χ0v) is 38.3. The molecular formula is C45H65N7O7S2. The molecule has 14 nitrogen and oxygen atoms in total. The first-order chi connectivity index (χ1) is 29.2. The van der Waals surface area contributed by atoms with Crippen LogP contribution in [0.15, 0.2) is 66.7 Å². The molecule has 0 aromatic heterocycles. The molecule has 3 rings (SSSR count). The lowest BCUT2D eigenvalue weighted by Gasteiger charge is -2.38. The highest BCUT2D eigenvalue weighted by Gasteiger charge is 2.42. The van der Waals surface area contributed by atoms with Crippen molar-refractivity contribution in [1.29, 1.82) is 0 Å². The van der Waals surface area contributed by atoms with Crippen LogP contribution >= 0.6 is 21.6 Å². The van der Waals surface area contributed by atoms with Crippen LogP contribution in [0.4, 0.5) is 0 Å². The van der Waals surface area contributed by atoms with Crippen molar-refractivity contribution in [2.45, 2.75) is 120 Å². The molecule has 0 fully saturated rings. The molecule has 0 radical (unpaired) electrons. The van der Waals surface area contributed by atoms with Crippen molar-refractivity contribution in [1.82, 2.24) is 26.6 Å². The van der Waals surface area contributed by atoms with Crippen molar-refractivity contribution in [3.8, 4) is 5.75 Å². The lowest BCUT2D eigenvalue weighted by Crippen LogP contribution is -2.62. The van der Waals surface area contributed by atoms with Gasteiger partial charge in [-0.3, -0.25) is 28.8 Å². The fourth-order valence-corrected chi connectivity index (χ4v) is 9.88. The Morgan fingerprint density at radius 2 is 1.31 bits per heavy atom. The molecule has 0 aliphatic carbocycles. The van der Waals surface area contributed by atoms with Crippen LogP contribution in [0.1, 0.15) is 80.2 Å². The Kier molecular flexibility index (Phi) is 18.6. The SMILES string of the molecule is [3H]CC(=O)[C@@H](NC(C)=O)C(C)(C)SSC(C)(C)[C@H](NC)C(=O)N[C@@H](Cc1ccc(OC)cc1)C(=O)N[C@@H](Cc1ccc2ccccc2c1)C(=O)N[C@@](C)(CCCCN)C(=O)CN. The quantitative estimate of drug-likeness (QED) is 0.0478. The summed E-state index contributed by atoms with van der Waals surface area (Å²) in [5.74, 6) is -2.33. The van der Waals surface area contributed by atoms with Crippen molar-refractivity contribution in [3.63, 3.8) is 0 Å². The van der Waals surface area contributed by atoms with Crippen molar-refractivity contribution in [2.75, 3.05) is 27.2 Å². The van der Waals surface area contributed by atoms with Gasteiger partial charge < -0.3 is 42.8 Å². The summed E-state index contributed by atoms with van der Waals surface area (Å²) in [6.45, 7) is 9.81. The van der Waals surface area contributed by atoms with Crippen molar-refractivity contribution >= 4 is 67.6 Å². The fourth-order valence-electron chi connectivity index (χ4n) is 6.97. The van der Waals surface area contributed by atoms with Crippen LogP contribution in [0.3, 0.4) is 0 Å². The Labute approximate surface area is 369 Å². The summed E-state index contributed by atoms with van der Waals surface area (Å²) in [6, 6.07) is 16.4. The van der Waals surface area contributed by atoms with Crippen molar-refractivity contribution < 1.29 is 34.9 Å². The molecule has 4 amide bonds. The van der Waals surface area contributed by atoms with Gasteiger partial charge in [0.05, 0.1) is 19.2 Å². The van der Waals surface area contributed by atoms with Crippen LogP contribution < -0.4 is 42.8 Å². The average Bonchev–Trinajstić information content (AvgIpc) is 3.24. The Hall–Kier alpha value is -4.48. The van der Waals surface area contributed by atoms with Gasteiger partial charge in [-0.15, -0.1) is 0 Å². The molecule has 3 aromatic carbocycles. The minimum absolute atomic E-state index is 0.0494. The maximum Gasteiger partial charge on any atom is 0.243 e. The maximum atomic E-state index is 14.6. The molecule has 0 aliphatic heterocycles. The zero-order valence-electron chi connectivity index (χ0n) is 37.6. The molecule has 5 atom stereocenters. The summed E-state index contributed by atoms with van der Waals surface area (Å²) in [5.41, 5.74) is 11.7. The van der Waals surface area contributed by atoms with E-state index in [0.717, 1.165) is 16.3 Å². The molecule has 0 spiro atoms. The standard InChI is InChI=1S/C45H65N7O7S2/c1-28(53)38(49-29(2)54)43(3,4)60-61-44(5,6)39(48-8)42(58)51-35(25-30-17-20-34(59-9)21-18-30)40(56)50-36(26-31-16-19-32-14-10-11-15-33(32)24-31)41(57)52-45(7,37(55)27-47)22-12-13-23-46/h10-11,14-21,24,35-36,38-39,48H,12-13,22-23,25-27,46-47H2,1-9H3,(H,49,54)(H,50,56)(H,51,58)(H,52,57)/t35-,36-,38+,39+,45-/m0/s1/i1T. The van der Waals surface area contributed by atoms with Crippen LogP contribution in [0, 0.1) is 0 Å². The zero-order chi connectivity index (χ0) is 46.3. The van der Waals surface area contributed by atoms with Gasteiger partial charge in [0, 0.05) is 30.6 Å². The third kappa shape index (κ3) is 14.8. The van der Waals surface area contributed by atoms with E-state index < -0.39 is 75.5 Å². The second-order valence-electron chi connectivity index (χ2n) is 16.4. The Morgan fingerprint density at radius 3 is 1.89 bits per heavy atom. The van der Waals surface area contributed by atoms with Gasteiger partial charge in [0.1, 0.15) is 29.9 Å². The number of amides is 4. The highest BCUT2D eigenvalue weighted by Crippen LogP contribution is 2.46. The van der Waals surface area contributed by atoms with E-state index in [0.29, 0.717) is 37.1 Å². The van der Waals surface area contributed by atoms with E-state index in [1.54, 1.807) is 59.2 Å². The smallest absolute Gasteiger partial charge is 0.243 e. The molecule has 3 aromatic rings. The van der Waals surface area contributed by atoms with Gasteiger partial charge in [-0.2, -0.15) is 0 Å². The molecule has 0 saturated heterocycles. The molecule has 0 bridgehead atoms. The number of hydrogen-bond donors (Lipinski definition) is 7. The number of benzene rings is 3. The summed E-state index contributed by atoms with van der Waals surface area (Å²) in [4.78, 5) is 81.3. The highest BCUT2D eigenvalue weighted by atomic mass is 33.1. The van der Waals surface area contributed by atoms with Gasteiger partial charge in [0.15, 0.2) is 11.6 Å². The molecule has 16 heteroatoms. The number of likely N-dealkylation sites (N-methyl/N-ethyl adjacent to an activating group) is 1. The minimum Gasteiger partial charge on any atom is -0.497 e. The largest absolute Gasteiger partial charge is 0.497 e. The number of carbonyl (C=O) groups is 6. The number of Topliss-reactive ketones (excluding diaryl/α,β-unsaturated/α-hetero) is 2. The summed E-state index contributed by atoms with van der Waals surface area (Å²) < 4.78 is 11.3. The Balaban J connectivity index is 2.00. The van der Waals surface area contributed by atoms with E-state index in [4.69, 9.17) is 17.6 Å². The van der Waals surface area contributed by atoms with Gasteiger partial charge >= 0.3 is 0 Å². The van der Waals surface area contributed by atoms with E-state index in [2.05, 4.69) is 26.6 Å². The number of fused-ring (bicyclic) bond motifs is 1. The third-order valence-corrected chi connectivity index (χ3v) is 14.8. The van der Waals surface area contributed by atoms with E-state index in [1.165, 1.54) is 28.5 Å². The number of methoxy groups -OCH3 is 1. The molecule has 0 saturated carbocycles. The summed E-state index contributed by atoms with van der Waals surface area (Å²) in [6.07, 6.45) is 1.61. The Morgan fingerprint density at radius 1 is 0.738 bits per heavy atom. The lowest BCUT2D eigenvalue weighted by molar-refractivity contribution is -0.135. The molecule has 334 valence electrons. The van der Waals surface area contributed by atoms with Crippen LogP contribution in [-0.4, -0.2) is 102 Å².